The van der Waals surface area contributed by atoms with E-state index < -0.39 is 11.7 Å². The molecule has 0 fully saturated rings. The molecule has 1 N–H and O–H groups in total. The van der Waals surface area contributed by atoms with Gasteiger partial charge in [-0.2, -0.15) is 0 Å². The number of hydrogen-bond acceptors (Lipinski definition) is 2. The van der Waals surface area contributed by atoms with Crippen LogP contribution in [0.5, 0.6) is 0 Å². The summed E-state index contributed by atoms with van der Waals surface area (Å²) in [6.07, 6.45) is -0.465. The predicted molar refractivity (Wildman–Crippen MR) is 74.0 cm³/mol. The summed E-state index contributed by atoms with van der Waals surface area (Å²) in [7, 11) is 0. The van der Waals surface area contributed by atoms with Gasteiger partial charge in [0.2, 0.25) is 0 Å². The van der Waals surface area contributed by atoms with Gasteiger partial charge in [0.25, 0.3) is 0 Å². The molecule has 0 heterocycles. The van der Waals surface area contributed by atoms with Gasteiger partial charge in [-0.05, 0) is 61.6 Å². The molecule has 1 amide bonds. The Kier molecular flexibility index (Phi) is 4.43. The SMILES string of the molecule is CC(C)(C)OC(=O)Nc1ccc(Cl)cc1I. The number of amides is 1. The van der Waals surface area contributed by atoms with Crippen molar-refractivity contribution in [3.63, 3.8) is 0 Å². The predicted octanol–water partition coefficient (Wildman–Crippen LogP) is 4.29. The van der Waals surface area contributed by atoms with E-state index in [9.17, 15) is 4.79 Å². The highest BCUT2D eigenvalue weighted by molar-refractivity contribution is 14.1. The minimum absolute atomic E-state index is 0.465. The minimum Gasteiger partial charge on any atom is -0.444 e. The zero-order valence-electron chi connectivity index (χ0n) is 9.30. The van der Waals surface area contributed by atoms with E-state index in [4.69, 9.17) is 16.3 Å². The van der Waals surface area contributed by atoms with Crippen LogP contribution in [0, 0.1) is 3.57 Å². The van der Waals surface area contributed by atoms with Crippen molar-refractivity contribution in [3.05, 3.63) is 26.8 Å². The van der Waals surface area contributed by atoms with E-state index in [1.54, 1.807) is 18.2 Å². The third-order valence-electron chi connectivity index (χ3n) is 1.57. The second-order valence-corrected chi connectivity index (χ2v) is 5.85. The molecule has 0 aromatic heterocycles. The van der Waals surface area contributed by atoms with E-state index >= 15 is 0 Å². The topological polar surface area (TPSA) is 38.3 Å². The Balaban J connectivity index is 2.70. The number of anilines is 1. The van der Waals surface area contributed by atoms with Crippen molar-refractivity contribution >= 4 is 46.0 Å². The van der Waals surface area contributed by atoms with Gasteiger partial charge in [0.15, 0.2) is 0 Å². The van der Waals surface area contributed by atoms with Crippen molar-refractivity contribution in [2.24, 2.45) is 0 Å². The van der Waals surface area contributed by atoms with E-state index in [2.05, 4.69) is 27.9 Å². The number of carbonyl (C=O) groups is 1. The molecule has 0 radical (unpaired) electrons. The van der Waals surface area contributed by atoms with E-state index in [1.807, 2.05) is 20.8 Å². The second-order valence-electron chi connectivity index (χ2n) is 4.25. The summed E-state index contributed by atoms with van der Waals surface area (Å²) in [5.74, 6) is 0. The highest BCUT2D eigenvalue weighted by Gasteiger charge is 2.16. The van der Waals surface area contributed by atoms with Gasteiger partial charge < -0.3 is 4.74 Å². The molecule has 1 aromatic carbocycles. The molecular weight excluding hydrogens is 340 g/mol. The number of nitrogens with one attached hydrogen (secondary N) is 1. The Bertz CT molecular complexity index is 401. The van der Waals surface area contributed by atoms with Crippen LogP contribution in [-0.4, -0.2) is 11.7 Å². The Morgan fingerprint density at radius 2 is 2.06 bits per heavy atom. The van der Waals surface area contributed by atoms with Gasteiger partial charge in [-0.3, -0.25) is 5.32 Å². The lowest BCUT2D eigenvalue weighted by atomic mass is 10.2. The van der Waals surface area contributed by atoms with Crippen molar-refractivity contribution in [1.82, 2.24) is 0 Å². The maximum Gasteiger partial charge on any atom is 0.412 e. The summed E-state index contributed by atoms with van der Waals surface area (Å²) in [6, 6.07) is 5.24. The summed E-state index contributed by atoms with van der Waals surface area (Å²) in [5.41, 5.74) is 0.196. The van der Waals surface area contributed by atoms with Crippen LogP contribution in [0.25, 0.3) is 0 Å². The Morgan fingerprint density at radius 1 is 1.44 bits per heavy atom. The van der Waals surface area contributed by atoms with Crippen LogP contribution in [0.3, 0.4) is 0 Å². The van der Waals surface area contributed by atoms with E-state index in [-0.39, 0.29) is 0 Å². The molecular formula is C11H13ClINO2. The van der Waals surface area contributed by atoms with Gasteiger partial charge >= 0.3 is 6.09 Å². The molecule has 0 atom stereocenters. The fourth-order valence-corrected chi connectivity index (χ4v) is 2.01. The largest absolute Gasteiger partial charge is 0.444 e. The van der Waals surface area contributed by atoms with Crippen LogP contribution >= 0.6 is 34.2 Å². The molecule has 0 aliphatic heterocycles. The van der Waals surface area contributed by atoms with Gasteiger partial charge in [-0.1, -0.05) is 11.6 Å². The number of hydrogen-bond donors (Lipinski definition) is 1. The third-order valence-corrected chi connectivity index (χ3v) is 2.69. The highest BCUT2D eigenvalue weighted by Crippen LogP contribution is 2.22. The van der Waals surface area contributed by atoms with Gasteiger partial charge in [-0.25, -0.2) is 4.79 Å². The van der Waals surface area contributed by atoms with E-state index in [0.717, 1.165) is 3.57 Å². The first kappa shape index (κ1) is 13.6. The number of carbonyl (C=O) groups excluding carboxylic acids is 1. The fourth-order valence-electron chi connectivity index (χ4n) is 1.00. The summed E-state index contributed by atoms with van der Waals surface area (Å²) in [4.78, 5) is 11.5. The second kappa shape index (κ2) is 5.23. The lowest BCUT2D eigenvalue weighted by Crippen LogP contribution is -2.27. The Hall–Kier alpha value is -0.490. The first-order valence-corrected chi connectivity index (χ1v) is 6.19. The van der Waals surface area contributed by atoms with E-state index in [0.29, 0.717) is 10.7 Å². The van der Waals surface area contributed by atoms with Gasteiger partial charge in [-0.15, -0.1) is 0 Å². The molecule has 0 unspecified atom stereocenters. The number of halogens is 2. The third kappa shape index (κ3) is 4.57. The van der Waals surface area contributed by atoms with Gasteiger partial charge in [0.05, 0.1) is 5.69 Å². The number of ether oxygens (including phenoxy) is 1. The first-order chi connectivity index (χ1) is 7.28. The number of rotatable bonds is 1. The minimum atomic E-state index is -0.498. The van der Waals surface area contributed by atoms with Crippen LogP contribution < -0.4 is 5.32 Å². The maximum absolute atomic E-state index is 11.5. The molecule has 3 nitrogen and oxygen atoms in total. The maximum atomic E-state index is 11.5. The van der Waals surface area contributed by atoms with Crippen LogP contribution in [0.1, 0.15) is 20.8 Å². The molecule has 0 aliphatic rings. The average molecular weight is 354 g/mol. The van der Waals surface area contributed by atoms with Crippen molar-refractivity contribution < 1.29 is 9.53 Å². The van der Waals surface area contributed by atoms with Crippen LogP contribution in [0.15, 0.2) is 18.2 Å². The Labute approximate surface area is 114 Å². The van der Waals surface area contributed by atoms with E-state index in [1.165, 1.54) is 0 Å². The number of benzene rings is 1. The lowest BCUT2D eigenvalue weighted by molar-refractivity contribution is 0.0636. The molecule has 1 aromatic rings. The normalized spacial score (nSPS) is 11.1. The fraction of sp³-hybridized carbons (Fsp3) is 0.364. The summed E-state index contributed by atoms with van der Waals surface area (Å²) in [6.45, 7) is 5.46. The zero-order valence-corrected chi connectivity index (χ0v) is 12.2. The quantitative estimate of drug-likeness (QED) is 0.765. The molecule has 0 saturated carbocycles. The molecule has 0 bridgehead atoms. The van der Waals surface area contributed by atoms with Gasteiger partial charge in [0, 0.05) is 8.59 Å². The Morgan fingerprint density at radius 3 is 2.56 bits per heavy atom. The van der Waals surface area contributed by atoms with Crippen molar-refractivity contribution in [3.8, 4) is 0 Å². The highest BCUT2D eigenvalue weighted by atomic mass is 127. The van der Waals surface area contributed by atoms with Crippen LogP contribution in [0.2, 0.25) is 5.02 Å². The molecule has 5 heteroatoms. The summed E-state index contributed by atoms with van der Waals surface area (Å²) in [5, 5.41) is 3.30. The molecule has 88 valence electrons. The smallest absolute Gasteiger partial charge is 0.412 e. The van der Waals surface area contributed by atoms with Crippen molar-refractivity contribution in [1.29, 1.82) is 0 Å². The van der Waals surface area contributed by atoms with Gasteiger partial charge in [0.1, 0.15) is 5.60 Å². The van der Waals surface area contributed by atoms with Crippen LogP contribution in [0.4, 0.5) is 10.5 Å². The molecule has 16 heavy (non-hydrogen) atoms. The van der Waals surface area contributed by atoms with Crippen molar-refractivity contribution in [2.45, 2.75) is 26.4 Å². The first-order valence-electron chi connectivity index (χ1n) is 4.73. The molecule has 0 spiro atoms. The lowest BCUT2D eigenvalue weighted by Gasteiger charge is -2.20. The molecule has 0 saturated heterocycles. The summed E-state index contributed by atoms with van der Waals surface area (Å²) >= 11 is 7.91. The average Bonchev–Trinajstić information content (AvgIpc) is 2.06. The zero-order chi connectivity index (χ0) is 12.3. The molecule has 1 rings (SSSR count). The monoisotopic (exact) mass is 353 g/mol. The molecule has 0 aliphatic carbocycles. The standard InChI is InChI=1S/C11H13ClINO2/c1-11(2,3)16-10(15)14-9-5-4-7(12)6-8(9)13/h4-6H,1-3H3,(H,14,15). The summed E-state index contributed by atoms with van der Waals surface area (Å²) < 4.78 is 6.01. The van der Waals surface area contributed by atoms with Crippen LogP contribution in [-0.2, 0) is 4.74 Å². The van der Waals surface area contributed by atoms with Crippen molar-refractivity contribution in [2.75, 3.05) is 5.32 Å².